The molecule has 0 radical (unpaired) electrons. The monoisotopic (exact) mass is 459 g/mol. The van der Waals surface area contributed by atoms with Crippen LogP contribution in [0, 0.1) is 6.92 Å². The smallest absolute Gasteiger partial charge is 0.417 e. The zero-order valence-electron chi connectivity index (χ0n) is 17.5. The molecule has 2 amide bonds. The number of amides is 2. The number of carbonyl (C=O) groups excluding carboxylic acids is 2. The van der Waals surface area contributed by atoms with Crippen LogP contribution in [0.1, 0.15) is 40.5 Å². The van der Waals surface area contributed by atoms with Crippen LogP contribution in [0.5, 0.6) is 0 Å². The third-order valence-corrected chi connectivity index (χ3v) is 5.18. The zero-order chi connectivity index (χ0) is 23.6. The first-order valence-electron chi connectivity index (χ1n) is 10.1. The van der Waals surface area contributed by atoms with Gasteiger partial charge in [0.05, 0.1) is 11.3 Å². The van der Waals surface area contributed by atoms with Crippen LogP contribution in [-0.4, -0.2) is 27.6 Å². The van der Waals surface area contributed by atoms with E-state index in [0.29, 0.717) is 18.5 Å². The molecule has 3 N–H and O–H groups in total. The predicted octanol–water partition coefficient (Wildman–Crippen LogP) is 3.72. The maximum atomic E-state index is 13.2. The molecule has 11 heteroatoms. The Morgan fingerprint density at radius 1 is 1.06 bits per heavy atom. The predicted molar refractivity (Wildman–Crippen MR) is 111 cm³/mol. The number of rotatable bonds is 7. The first-order valence-corrected chi connectivity index (χ1v) is 10.1. The third kappa shape index (κ3) is 5.13. The molecule has 33 heavy (non-hydrogen) atoms. The van der Waals surface area contributed by atoms with Crippen LogP contribution >= 0.6 is 0 Å². The number of aromatic nitrogens is 2. The molecule has 0 spiro atoms. The van der Waals surface area contributed by atoms with Crippen molar-refractivity contribution in [2.24, 2.45) is 0 Å². The second kappa shape index (κ2) is 8.57. The van der Waals surface area contributed by atoms with Gasteiger partial charge in [-0.2, -0.15) is 13.2 Å². The van der Waals surface area contributed by atoms with E-state index in [4.69, 9.17) is 4.42 Å². The molecule has 3 aromatic rings. The normalized spacial score (nSPS) is 14.4. The summed E-state index contributed by atoms with van der Waals surface area (Å²) in [5, 5.41) is 15.4. The molecule has 1 fully saturated rings. The van der Waals surface area contributed by atoms with Crippen LogP contribution in [0.25, 0.3) is 0 Å². The molecule has 1 heterocycles. The van der Waals surface area contributed by atoms with E-state index in [9.17, 15) is 22.8 Å². The van der Waals surface area contributed by atoms with Crippen molar-refractivity contribution in [2.45, 2.75) is 38.0 Å². The Kier molecular flexibility index (Phi) is 5.79. The zero-order valence-corrected chi connectivity index (χ0v) is 17.5. The van der Waals surface area contributed by atoms with Crippen molar-refractivity contribution in [3.63, 3.8) is 0 Å². The fourth-order valence-electron chi connectivity index (χ4n) is 3.25. The lowest BCUT2D eigenvalue weighted by atomic mass is 10.1. The van der Waals surface area contributed by atoms with Gasteiger partial charge >= 0.3 is 18.0 Å². The first kappa shape index (κ1) is 22.3. The van der Waals surface area contributed by atoms with E-state index in [1.807, 2.05) is 0 Å². The van der Waals surface area contributed by atoms with Crippen molar-refractivity contribution in [3.8, 4) is 0 Å². The first-order chi connectivity index (χ1) is 15.7. The maximum Gasteiger partial charge on any atom is 0.418 e. The summed E-state index contributed by atoms with van der Waals surface area (Å²) in [4.78, 5) is 24.8. The van der Waals surface area contributed by atoms with Crippen molar-refractivity contribution in [2.75, 3.05) is 5.32 Å². The Bertz CT molecular complexity index is 1170. The standard InChI is InChI=1S/C22H20F3N5O3/c1-13-29-30-19(33-13)18(31)28-21(10-11-21)20(32)26-12-14-6-8-15(9-7-14)27-17-5-3-2-4-16(17)22(23,24)25/h2-9,27H,10-12H2,1H3,(H,26,32)(H,28,31). The number of hydrogen-bond acceptors (Lipinski definition) is 6. The summed E-state index contributed by atoms with van der Waals surface area (Å²) >= 11 is 0. The maximum absolute atomic E-state index is 13.2. The second-order valence-corrected chi connectivity index (χ2v) is 7.71. The van der Waals surface area contributed by atoms with Gasteiger partial charge in [0, 0.05) is 19.2 Å². The number of para-hydroxylation sites is 1. The molecule has 1 aliphatic rings. The van der Waals surface area contributed by atoms with Crippen molar-refractivity contribution in [1.82, 2.24) is 20.8 Å². The SMILES string of the molecule is Cc1nnc(C(=O)NC2(C(=O)NCc3ccc(Nc4ccccc4C(F)(F)F)cc3)CC2)o1. The van der Waals surface area contributed by atoms with E-state index in [2.05, 4.69) is 26.1 Å². The molecular formula is C22H20F3N5O3. The minimum absolute atomic E-state index is 0.0473. The number of alkyl halides is 3. The van der Waals surface area contributed by atoms with Crippen molar-refractivity contribution >= 4 is 23.2 Å². The van der Waals surface area contributed by atoms with Gasteiger partial charge in [0.1, 0.15) is 5.54 Å². The molecule has 172 valence electrons. The van der Waals surface area contributed by atoms with Gasteiger partial charge in [0.25, 0.3) is 0 Å². The topological polar surface area (TPSA) is 109 Å². The van der Waals surface area contributed by atoms with Crippen LogP contribution in [0.3, 0.4) is 0 Å². The summed E-state index contributed by atoms with van der Waals surface area (Å²) in [6, 6.07) is 11.9. The fourth-order valence-corrected chi connectivity index (χ4v) is 3.25. The molecule has 0 aliphatic heterocycles. The van der Waals surface area contributed by atoms with E-state index in [0.717, 1.165) is 11.6 Å². The molecular weight excluding hydrogens is 439 g/mol. The van der Waals surface area contributed by atoms with Gasteiger partial charge in [-0.05, 0) is 42.7 Å². The van der Waals surface area contributed by atoms with Gasteiger partial charge in [-0.3, -0.25) is 9.59 Å². The Balaban J connectivity index is 1.34. The van der Waals surface area contributed by atoms with Crippen molar-refractivity contribution in [1.29, 1.82) is 0 Å². The van der Waals surface area contributed by atoms with E-state index < -0.39 is 23.2 Å². The summed E-state index contributed by atoms with van der Waals surface area (Å²) in [6.07, 6.45) is -3.50. The molecule has 4 rings (SSSR count). The number of hydrogen-bond donors (Lipinski definition) is 3. The van der Waals surface area contributed by atoms with Gasteiger partial charge in [0.15, 0.2) is 0 Å². The molecule has 0 bridgehead atoms. The number of nitrogens with zero attached hydrogens (tertiary/aromatic N) is 2. The highest BCUT2D eigenvalue weighted by molar-refractivity contribution is 5.98. The number of anilines is 2. The van der Waals surface area contributed by atoms with Crippen molar-refractivity contribution < 1.29 is 27.2 Å². The Morgan fingerprint density at radius 3 is 2.36 bits per heavy atom. The van der Waals surface area contributed by atoms with Gasteiger partial charge in [0.2, 0.25) is 11.8 Å². The minimum atomic E-state index is -4.47. The van der Waals surface area contributed by atoms with Crippen LogP contribution < -0.4 is 16.0 Å². The van der Waals surface area contributed by atoms with Crippen LogP contribution in [0.2, 0.25) is 0 Å². The van der Waals surface area contributed by atoms with Crippen LogP contribution in [-0.2, 0) is 17.5 Å². The van der Waals surface area contributed by atoms with E-state index in [1.54, 1.807) is 31.2 Å². The lowest BCUT2D eigenvalue weighted by molar-refractivity contribution is -0.137. The highest BCUT2D eigenvalue weighted by Crippen LogP contribution is 2.37. The Labute approximate surface area is 186 Å². The second-order valence-electron chi connectivity index (χ2n) is 7.71. The minimum Gasteiger partial charge on any atom is -0.417 e. The fraction of sp³-hybridized carbons (Fsp3) is 0.273. The molecule has 0 saturated heterocycles. The van der Waals surface area contributed by atoms with Crippen LogP contribution in [0.15, 0.2) is 52.9 Å². The summed E-state index contributed by atoms with van der Waals surface area (Å²) < 4.78 is 44.5. The van der Waals surface area contributed by atoms with Gasteiger partial charge in [-0.25, -0.2) is 0 Å². The van der Waals surface area contributed by atoms with E-state index >= 15 is 0 Å². The summed E-state index contributed by atoms with van der Waals surface area (Å²) in [6.45, 7) is 1.74. The largest absolute Gasteiger partial charge is 0.418 e. The molecule has 2 aromatic carbocycles. The highest BCUT2D eigenvalue weighted by Gasteiger charge is 2.51. The van der Waals surface area contributed by atoms with E-state index in [-0.39, 0.29) is 29.9 Å². The summed E-state index contributed by atoms with van der Waals surface area (Å²) in [7, 11) is 0. The summed E-state index contributed by atoms with van der Waals surface area (Å²) in [5.41, 5.74) is -0.597. The molecule has 1 aliphatic carbocycles. The highest BCUT2D eigenvalue weighted by atomic mass is 19.4. The van der Waals surface area contributed by atoms with E-state index in [1.165, 1.54) is 18.2 Å². The molecule has 0 unspecified atom stereocenters. The van der Waals surface area contributed by atoms with Gasteiger partial charge < -0.3 is 20.4 Å². The number of halogens is 3. The van der Waals surface area contributed by atoms with Crippen molar-refractivity contribution in [3.05, 3.63) is 71.4 Å². The molecule has 8 nitrogen and oxygen atoms in total. The summed E-state index contributed by atoms with van der Waals surface area (Å²) in [5.74, 6) is -0.915. The Hall–Kier alpha value is -3.89. The van der Waals surface area contributed by atoms with Crippen LogP contribution in [0.4, 0.5) is 24.5 Å². The number of aryl methyl sites for hydroxylation is 1. The van der Waals surface area contributed by atoms with Gasteiger partial charge in [-0.15, -0.1) is 10.2 Å². The number of benzene rings is 2. The number of nitrogens with one attached hydrogen (secondary N) is 3. The average molecular weight is 459 g/mol. The third-order valence-electron chi connectivity index (χ3n) is 5.18. The average Bonchev–Trinajstić information content (AvgIpc) is 3.43. The molecule has 1 saturated carbocycles. The van der Waals surface area contributed by atoms with Gasteiger partial charge in [-0.1, -0.05) is 24.3 Å². The number of carbonyl (C=O) groups is 2. The quantitative estimate of drug-likeness (QED) is 0.497. The Morgan fingerprint density at radius 2 is 1.76 bits per heavy atom. The lowest BCUT2D eigenvalue weighted by Crippen LogP contribution is -2.48. The molecule has 1 aromatic heterocycles. The lowest BCUT2D eigenvalue weighted by Gasteiger charge is -2.16. The molecule has 0 atom stereocenters.